The van der Waals surface area contributed by atoms with E-state index in [9.17, 15) is 14.4 Å². The number of amides is 1. The predicted molar refractivity (Wildman–Crippen MR) is 196 cm³/mol. The first-order valence-corrected chi connectivity index (χ1v) is 19.1. The number of hydrogen-bond donors (Lipinski definition) is 1. The van der Waals surface area contributed by atoms with Gasteiger partial charge in [0.15, 0.2) is 0 Å². The van der Waals surface area contributed by atoms with Gasteiger partial charge in [-0.2, -0.15) is 0 Å². The lowest BCUT2D eigenvalue weighted by Gasteiger charge is -2.71. The van der Waals surface area contributed by atoms with Crippen LogP contribution in [0.25, 0.3) is 10.9 Å². The molecule has 1 N–H and O–H groups in total. The van der Waals surface area contributed by atoms with Crippen molar-refractivity contribution in [1.29, 1.82) is 0 Å². The van der Waals surface area contributed by atoms with Gasteiger partial charge in [-0.05, 0) is 109 Å². The molecule has 7 nitrogen and oxygen atoms in total. The average Bonchev–Trinajstić information content (AvgIpc) is 3.02. The molecule has 0 unspecified atom stereocenters. The fourth-order valence-electron chi connectivity index (χ4n) is 12.9. The Hall–Kier alpha value is -3.22. The number of pyridine rings is 1. The van der Waals surface area contributed by atoms with Crippen molar-refractivity contribution in [1.82, 2.24) is 4.98 Å². The molecule has 5 aliphatic rings. The van der Waals surface area contributed by atoms with Gasteiger partial charge in [0, 0.05) is 30.8 Å². The van der Waals surface area contributed by atoms with Crippen LogP contribution in [0.15, 0.2) is 48.2 Å². The number of para-hydroxylation sites is 1. The number of rotatable bonds is 4. The number of aromatic nitrogens is 1. The first-order chi connectivity index (χ1) is 23.4. The molecule has 5 aliphatic carbocycles. The second-order valence-electron chi connectivity index (χ2n) is 18.9. The van der Waals surface area contributed by atoms with Gasteiger partial charge in [-0.25, -0.2) is 0 Å². The highest BCUT2D eigenvalue weighted by Crippen LogP contribution is 2.76. The van der Waals surface area contributed by atoms with Crippen molar-refractivity contribution in [3.63, 3.8) is 0 Å². The zero-order valence-electron chi connectivity index (χ0n) is 31.8. The van der Waals surface area contributed by atoms with Gasteiger partial charge < -0.3 is 14.8 Å². The zero-order valence-corrected chi connectivity index (χ0v) is 31.8. The number of carbonyl (C=O) groups excluding carboxylic acids is 3. The second-order valence-corrected chi connectivity index (χ2v) is 18.9. The fourth-order valence-corrected chi connectivity index (χ4v) is 12.9. The van der Waals surface area contributed by atoms with Gasteiger partial charge in [0.2, 0.25) is 5.91 Å². The van der Waals surface area contributed by atoms with Gasteiger partial charge in [0.1, 0.15) is 12.2 Å². The first kappa shape index (κ1) is 35.2. The standard InChI is InChI=1S/C43H58N2O5/c1-26(46)49-32-25-40(7)33(39(5,6)36(32)50-27(2)47)17-18-42(9)34(40)16-15-29-30-24-38(3,4)19-21-43(30,22-20-41(29,42)8)37(48)45-31-14-10-12-28-13-11-23-44-35(28)31/h10-15,23,30,32-34,36H,16-22,24-25H2,1-9H3,(H,45,48)/t30-,32-,33-,34+,36-,40-,41+,42+,43-/m0/s1. The van der Waals surface area contributed by atoms with E-state index in [1.165, 1.54) is 19.4 Å². The van der Waals surface area contributed by atoms with E-state index in [0.29, 0.717) is 18.3 Å². The third-order valence-electron chi connectivity index (χ3n) is 15.5. The minimum Gasteiger partial charge on any atom is -0.459 e. The third kappa shape index (κ3) is 5.10. The summed E-state index contributed by atoms with van der Waals surface area (Å²) in [6.07, 6.45) is 11.9. The summed E-state index contributed by atoms with van der Waals surface area (Å²) in [4.78, 5) is 44.3. The number of nitrogens with zero attached hydrogens (tertiary/aromatic N) is 1. The van der Waals surface area contributed by atoms with Crippen LogP contribution in [0.1, 0.15) is 120 Å². The summed E-state index contributed by atoms with van der Waals surface area (Å²) in [5.74, 6) is 0.321. The molecule has 0 bridgehead atoms. The van der Waals surface area contributed by atoms with Crippen LogP contribution in [0.4, 0.5) is 5.69 Å². The lowest BCUT2D eigenvalue weighted by atomic mass is 9.33. The Labute approximate surface area is 298 Å². The topological polar surface area (TPSA) is 94.6 Å². The minimum absolute atomic E-state index is 0.00274. The monoisotopic (exact) mass is 682 g/mol. The number of carbonyl (C=O) groups is 3. The van der Waals surface area contributed by atoms with Gasteiger partial charge in [0.25, 0.3) is 0 Å². The number of ether oxygens (including phenoxy) is 2. The Morgan fingerprint density at radius 2 is 1.52 bits per heavy atom. The van der Waals surface area contributed by atoms with Crippen molar-refractivity contribution >= 4 is 34.4 Å². The SMILES string of the molecule is CC(=O)O[C@H]1C[C@]2(C)[C@H]3CC=C4[C@@H]5CC(C)(C)CC[C@]5(C(=O)Nc5cccc6cccnc56)CC[C@@]4(C)[C@]3(C)CC[C@H]2C(C)(C)[C@H]1OC(C)=O. The summed E-state index contributed by atoms with van der Waals surface area (Å²) in [5, 5.41) is 4.46. The molecular weight excluding hydrogens is 624 g/mol. The van der Waals surface area contributed by atoms with Crippen molar-refractivity contribution in [3.05, 3.63) is 48.2 Å². The summed E-state index contributed by atoms with van der Waals surface area (Å²) >= 11 is 0. The van der Waals surface area contributed by atoms with Crippen molar-refractivity contribution in [2.45, 2.75) is 132 Å². The highest BCUT2D eigenvalue weighted by atomic mass is 16.6. The van der Waals surface area contributed by atoms with E-state index >= 15 is 0 Å². The molecule has 4 saturated carbocycles. The molecule has 1 heterocycles. The number of allylic oxidation sites excluding steroid dienone is 2. The molecule has 1 amide bonds. The third-order valence-corrected chi connectivity index (χ3v) is 15.5. The van der Waals surface area contributed by atoms with E-state index in [-0.39, 0.29) is 50.8 Å². The minimum atomic E-state index is -0.487. The first-order valence-electron chi connectivity index (χ1n) is 19.1. The lowest BCUT2D eigenvalue weighted by Crippen LogP contribution is -2.67. The maximum Gasteiger partial charge on any atom is 0.303 e. The van der Waals surface area contributed by atoms with Crippen LogP contribution in [0, 0.1) is 50.2 Å². The molecule has 1 aromatic heterocycles. The van der Waals surface area contributed by atoms with Gasteiger partial charge in [-0.3, -0.25) is 19.4 Å². The van der Waals surface area contributed by atoms with Crippen LogP contribution < -0.4 is 5.32 Å². The molecule has 0 saturated heterocycles. The van der Waals surface area contributed by atoms with Gasteiger partial charge in [-0.15, -0.1) is 0 Å². The van der Waals surface area contributed by atoms with Gasteiger partial charge in [-0.1, -0.05) is 78.3 Å². The van der Waals surface area contributed by atoms with E-state index in [2.05, 4.69) is 64.8 Å². The molecule has 0 aliphatic heterocycles. The summed E-state index contributed by atoms with van der Waals surface area (Å²) in [6.45, 7) is 19.6. The number of hydrogen-bond acceptors (Lipinski definition) is 6. The lowest BCUT2D eigenvalue weighted by molar-refractivity contribution is -0.243. The molecule has 7 rings (SSSR count). The molecular formula is C43H58N2O5. The number of anilines is 1. The largest absolute Gasteiger partial charge is 0.459 e. The van der Waals surface area contributed by atoms with Crippen LogP contribution in [0.3, 0.4) is 0 Å². The summed E-state index contributed by atoms with van der Waals surface area (Å²) in [5.41, 5.74) is 2.25. The molecule has 50 heavy (non-hydrogen) atoms. The Bertz CT molecular complexity index is 1760. The Kier molecular flexibility index (Phi) is 8.20. The Balaban J connectivity index is 1.27. The second kappa shape index (κ2) is 11.6. The highest BCUT2D eigenvalue weighted by molar-refractivity contribution is 6.03. The molecule has 9 atom stereocenters. The van der Waals surface area contributed by atoms with E-state index in [4.69, 9.17) is 9.47 Å². The van der Waals surface area contributed by atoms with Gasteiger partial charge >= 0.3 is 11.9 Å². The van der Waals surface area contributed by atoms with Crippen LogP contribution in [0.2, 0.25) is 0 Å². The summed E-state index contributed by atoms with van der Waals surface area (Å²) in [6, 6.07) is 10.0. The molecule has 0 radical (unpaired) electrons. The Morgan fingerprint density at radius 1 is 0.820 bits per heavy atom. The van der Waals surface area contributed by atoms with E-state index in [1.54, 1.807) is 6.20 Å². The van der Waals surface area contributed by atoms with E-state index in [1.807, 2.05) is 30.3 Å². The van der Waals surface area contributed by atoms with Crippen molar-refractivity contribution in [3.8, 4) is 0 Å². The van der Waals surface area contributed by atoms with Crippen molar-refractivity contribution < 1.29 is 23.9 Å². The number of fused-ring (bicyclic) bond motifs is 8. The predicted octanol–water partition coefficient (Wildman–Crippen LogP) is 9.45. The van der Waals surface area contributed by atoms with Crippen molar-refractivity contribution in [2.75, 3.05) is 5.32 Å². The fraction of sp³-hybridized carbons (Fsp3) is 0.674. The quantitative estimate of drug-likeness (QED) is 0.255. The van der Waals surface area contributed by atoms with Gasteiger partial charge in [0.05, 0.1) is 16.6 Å². The molecule has 270 valence electrons. The number of benzene rings is 1. The van der Waals surface area contributed by atoms with Crippen LogP contribution in [-0.4, -0.2) is 35.0 Å². The number of nitrogens with one attached hydrogen (secondary N) is 1. The van der Waals surface area contributed by atoms with E-state index in [0.717, 1.165) is 68.0 Å². The number of esters is 2. The molecule has 2 aromatic rings. The molecule has 7 heteroatoms. The Morgan fingerprint density at radius 3 is 2.24 bits per heavy atom. The summed E-state index contributed by atoms with van der Waals surface area (Å²) < 4.78 is 12.0. The molecule has 0 spiro atoms. The maximum absolute atomic E-state index is 14.8. The van der Waals surface area contributed by atoms with Crippen LogP contribution in [0.5, 0.6) is 0 Å². The average molecular weight is 683 g/mol. The highest BCUT2D eigenvalue weighted by Gasteiger charge is 2.70. The molecule has 1 aromatic carbocycles. The van der Waals surface area contributed by atoms with Crippen molar-refractivity contribution in [2.24, 2.45) is 50.2 Å². The maximum atomic E-state index is 14.8. The smallest absolute Gasteiger partial charge is 0.303 e. The normalized spacial score (nSPS) is 39.8. The van der Waals surface area contributed by atoms with E-state index < -0.39 is 17.6 Å². The molecule has 4 fully saturated rings. The van der Waals surface area contributed by atoms with Crippen LogP contribution in [-0.2, 0) is 23.9 Å². The van der Waals surface area contributed by atoms with Crippen LogP contribution >= 0.6 is 0 Å². The zero-order chi connectivity index (χ0) is 36.1. The summed E-state index contributed by atoms with van der Waals surface area (Å²) in [7, 11) is 0.